The number of carbonyl (C=O) groups excluding carboxylic acids is 2. The van der Waals surface area contributed by atoms with Crippen LogP contribution >= 0.6 is 11.8 Å². The number of anilines is 2. The van der Waals surface area contributed by atoms with Crippen molar-refractivity contribution in [3.8, 4) is 5.75 Å². The third-order valence-corrected chi connectivity index (χ3v) is 5.23. The summed E-state index contributed by atoms with van der Waals surface area (Å²) >= 11 is 1.40. The highest BCUT2D eigenvalue weighted by atomic mass is 32.2. The van der Waals surface area contributed by atoms with Crippen LogP contribution in [0.4, 0.5) is 11.4 Å². The first-order valence-electron chi connectivity index (χ1n) is 9.67. The van der Waals surface area contributed by atoms with E-state index in [1.165, 1.54) is 11.8 Å². The van der Waals surface area contributed by atoms with E-state index in [1.807, 2.05) is 74.5 Å². The Hall–Kier alpha value is -3.25. The zero-order valence-electron chi connectivity index (χ0n) is 17.0. The van der Waals surface area contributed by atoms with Crippen LogP contribution in [0.25, 0.3) is 0 Å². The van der Waals surface area contributed by atoms with Crippen molar-refractivity contribution in [1.82, 2.24) is 0 Å². The first kappa shape index (κ1) is 21.5. The fourth-order valence-corrected chi connectivity index (χ4v) is 3.51. The molecule has 0 saturated carbocycles. The number of aryl methyl sites for hydroxylation is 1. The van der Waals surface area contributed by atoms with E-state index in [1.54, 1.807) is 12.1 Å². The van der Waals surface area contributed by atoms with E-state index in [0.29, 0.717) is 29.3 Å². The summed E-state index contributed by atoms with van der Waals surface area (Å²) in [5.74, 6) is 0.610. The highest BCUT2D eigenvalue weighted by Gasteiger charge is 2.09. The normalized spacial score (nSPS) is 10.3. The minimum Gasteiger partial charge on any atom is -0.492 e. The molecule has 2 N–H and O–H groups in total. The lowest BCUT2D eigenvalue weighted by atomic mass is 10.1. The van der Waals surface area contributed by atoms with Crippen molar-refractivity contribution < 1.29 is 14.3 Å². The van der Waals surface area contributed by atoms with Crippen LogP contribution in [0, 0.1) is 6.92 Å². The van der Waals surface area contributed by atoms with Gasteiger partial charge in [-0.2, -0.15) is 0 Å². The Morgan fingerprint density at radius 1 is 0.933 bits per heavy atom. The average Bonchev–Trinajstić information content (AvgIpc) is 2.74. The fraction of sp³-hybridized carbons (Fsp3) is 0.167. The average molecular weight is 421 g/mol. The van der Waals surface area contributed by atoms with Crippen molar-refractivity contribution in [1.29, 1.82) is 0 Å². The summed E-state index contributed by atoms with van der Waals surface area (Å²) in [5.41, 5.74) is 3.05. The summed E-state index contributed by atoms with van der Waals surface area (Å²) < 4.78 is 5.53. The highest BCUT2D eigenvalue weighted by molar-refractivity contribution is 8.00. The van der Waals surface area contributed by atoms with Gasteiger partial charge in [0, 0.05) is 16.1 Å². The summed E-state index contributed by atoms with van der Waals surface area (Å²) in [5, 5.41) is 5.78. The second-order valence-electron chi connectivity index (χ2n) is 6.61. The molecule has 154 valence electrons. The monoisotopic (exact) mass is 420 g/mol. The summed E-state index contributed by atoms with van der Waals surface area (Å²) in [7, 11) is 0. The second-order valence-corrected chi connectivity index (χ2v) is 7.66. The van der Waals surface area contributed by atoms with Gasteiger partial charge in [0.1, 0.15) is 5.75 Å². The molecule has 0 unspecified atom stereocenters. The number of thioether (sulfide) groups is 1. The number of carbonyl (C=O) groups is 2. The lowest BCUT2D eigenvalue weighted by molar-refractivity contribution is -0.113. The molecule has 6 heteroatoms. The molecule has 0 aliphatic rings. The number of nitrogens with one attached hydrogen (secondary N) is 2. The summed E-state index contributed by atoms with van der Waals surface area (Å²) in [4.78, 5) is 25.7. The minimum atomic E-state index is -0.164. The van der Waals surface area contributed by atoms with Gasteiger partial charge in [-0.05, 0) is 56.3 Å². The number of hydrogen-bond acceptors (Lipinski definition) is 4. The maximum Gasteiger partial charge on any atom is 0.255 e. The van der Waals surface area contributed by atoms with Crippen molar-refractivity contribution >= 4 is 35.0 Å². The Labute approximate surface area is 180 Å². The zero-order chi connectivity index (χ0) is 21.3. The topological polar surface area (TPSA) is 67.4 Å². The van der Waals surface area contributed by atoms with Gasteiger partial charge in [-0.1, -0.05) is 35.9 Å². The maximum absolute atomic E-state index is 12.4. The van der Waals surface area contributed by atoms with Gasteiger partial charge < -0.3 is 15.4 Å². The molecule has 0 aromatic heterocycles. The molecule has 0 heterocycles. The Morgan fingerprint density at radius 2 is 1.70 bits per heavy atom. The second kappa shape index (κ2) is 10.5. The number of hydrogen-bond donors (Lipinski definition) is 2. The van der Waals surface area contributed by atoms with Gasteiger partial charge in [0.25, 0.3) is 5.91 Å². The Kier molecular flexibility index (Phi) is 7.51. The Balaban J connectivity index is 1.57. The van der Waals surface area contributed by atoms with Crippen LogP contribution in [0.3, 0.4) is 0 Å². The van der Waals surface area contributed by atoms with Gasteiger partial charge in [-0.15, -0.1) is 11.8 Å². The number of rotatable bonds is 8. The maximum atomic E-state index is 12.4. The third-order valence-electron chi connectivity index (χ3n) is 4.24. The molecule has 0 bridgehead atoms. The molecular formula is C24H24N2O3S. The molecule has 30 heavy (non-hydrogen) atoms. The van der Waals surface area contributed by atoms with E-state index >= 15 is 0 Å². The van der Waals surface area contributed by atoms with Crippen LogP contribution in [0.1, 0.15) is 22.8 Å². The van der Waals surface area contributed by atoms with Crippen molar-refractivity contribution in [3.63, 3.8) is 0 Å². The SMILES string of the molecule is CCOc1ccccc1NC(=O)CSc1cccc(NC(=O)c2ccc(C)cc2)c1. The van der Waals surface area contributed by atoms with Crippen molar-refractivity contribution in [3.05, 3.63) is 83.9 Å². The zero-order valence-corrected chi connectivity index (χ0v) is 17.8. The van der Waals surface area contributed by atoms with E-state index in [9.17, 15) is 9.59 Å². The molecular weight excluding hydrogens is 396 g/mol. The fourth-order valence-electron chi connectivity index (χ4n) is 2.76. The van der Waals surface area contributed by atoms with E-state index in [4.69, 9.17) is 4.74 Å². The van der Waals surface area contributed by atoms with Gasteiger partial charge >= 0.3 is 0 Å². The Bertz CT molecular complexity index is 1020. The summed E-state index contributed by atoms with van der Waals surface area (Å²) in [6.07, 6.45) is 0. The lowest BCUT2D eigenvalue weighted by Crippen LogP contribution is -2.15. The van der Waals surface area contributed by atoms with E-state index < -0.39 is 0 Å². The van der Waals surface area contributed by atoms with E-state index in [-0.39, 0.29) is 17.6 Å². The van der Waals surface area contributed by atoms with E-state index in [0.717, 1.165) is 10.5 Å². The number of amides is 2. The molecule has 2 amide bonds. The molecule has 0 saturated heterocycles. The molecule has 5 nitrogen and oxygen atoms in total. The molecule has 3 aromatic carbocycles. The van der Waals surface area contributed by atoms with Crippen LogP contribution < -0.4 is 15.4 Å². The molecule has 0 fully saturated rings. The predicted octanol–water partition coefficient (Wildman–Crippen LogP) is 5.38. The standard InChI is InChI=1S/C24H24N2O3S/c1-3-29-22-10-5-4-9-21(22)26-23(27)16-30-20-8-6-7-19(15-20)25-24(28)18-13-11-17(2)12-14-18/h4-15H,3,16H2,1-2H3,(H,25,28)(H,26,27). The molecule has 3 rings (SSSR count). The van der Waals surface area contributed by atoms with Crippen molar-refractivity contribution in [2.75, 3.05) is 23.0 Å². The minimum absolute atomic E-state index is 0.124. The van der Waals surface area contributed by atoms with E-state index in [2.05, 4.69) is 10.6 Å². The van der Waals surface area contributed by atoms with Crippen LogP contribution in [0.2, 0.25) is 0 Å². The first-order chi connectivity index (χ1) is 14.5. The summed E-state index contributed by atoms with van der Waals surface area (Å²) in [6.45, 7) is 4.41. The van der Waals surface area contributed by atoms with Crippen LogP contribution in [0.15, 0.2) is 77.7 Å². The van der Waals surface area contributed by atoms with Crippen molar-refractivity contribution in [2.45, 2.75) is 18.7 Å². The highest BCUT2D eigenvalue weighted by Crippen LogP contribution is 2.25. The van der Waals surface area contributed by atoms with Gasteiger partial charge in [0.05, 0.1) is 18.0 Å². The number of para-hydroxylation sites is 2. The first-order valence-corrected chi connectivity index (χ1v) is 10.7. The number of ether oxygens (including phenoxy) is 1. The third kappa shape index (κ3) is 6.12. The summed E-state index contributed by atoms with van der Waals surface area (Å²) in [6, 6.07) is 22.2. The van der Waals surface area contributed by atoms with Gasteiger partial charge in [-0.3, -0.25) is 9.59 Å². The van der Waals surface area contributed by atoms with Crippen molar-refractivity contribution in [2.24, 2.45) is 0 Å². The largest absolute Gasteiger partial charge is 0.492 e. The van der Waals surface area contributed by atoms with Gasteiger partial charge in [-0.25, -0.2) is 0 Å². The van der Waals surface area contributed by atoms with Crippen LogP contribution in [-0.4, -0.2) is 24.2 Å². The number of benzene rings is 3. The lowest BCUT2D eigenvalue weighted by Gasteiger charge is -2.11. The molecule has 0 aliphatic heterocycles. The van der Waals surface area contributed by atoms with Gasteiger partial charge in [0.15, 0.2) is 0 Å². The predicted molar refractivity (Wildman–Crippen MR) is 123 cm³/mol. The molecule has 0 atom stereocenters. The quantitative estimate of drug-likeness (QED) is 0.480. The molecule has 0 aliphatic carbocycles. The molecule has 3 aromatic rings. The Morgan fingerprint density at radius 3 is 2.47 bits per heavy atom. The molecule has 0 radical (unpaired) electrons. The molecule has 0 spiro atoms. The van der Waals surface area contributed by atoms with Crippen LogP contribution in [0.5, 0.6) is 5.75 Å². The van der Waals surface area contributed by atoms with Gasteiger partial charge in [0.2, 0.25) is 5.91 Å². The smallest absolute Gasteiger partial charge is 0.255 e. The van der Waals surface area contributed by atoms with Crippen LogP contribution in [-0.2, 0) is 4.79 Å².